The fraction of sp³-hybridized carbons (Fsp3) is 0.200. The first kappa shape index (κ1) is 13.1. The van der Waals surface area contributed by atoms with E-state index in [0.717, 1.165) is 29.1 Å². The molecule has 4 rings (SSSR count). The van der Waals surface area contributed by atoms with Crippen LogP contribution in [-0.2, 0) is 12.8 Å². The Morgan fingerprint density at radius 1 is 1.23 bits per heavy atom. The van der Waals surface area contributed by atoms with Crippen LogP contribution in [0.3, 0.4) is 0 Å². The van der Waals surface area contributed by atoms with Gasteiger partial charge in [-0.3, -0.25) is 4.79 Å². The highest BCUT2D eigenvalue weighted by molar-refractivity contribution is 7.14. The third-order valence-electron chi connectivity index (χ3n) is 3.71. The van der Waals surface area contributed by atoms with Gasteiger partial charge in [0.15, 0.2) is 0 Å². The SMILES string of the molecule is O=C(Nc1ccc(-n2cnnn2)cc1)c1cc2c(s1)CCC2. The Labute approximate surface area is 130 Å². The van der Waals surface area contributed by atoms with Crippen molar-refractivity contribution in [3.8, 4) is 5.69 Å². The van der Waals surface area contributed by atoms with Gasteiger partial charge in [-0.25, -0.2) is 4.68 Å². The van der Waals surface area contributed by atoms with E-state index in [1.807, 2.05) is 30.3 Å². The molecule has 0 aliphatic heterocycles. The molecular weight excluding hydrogens is 298 g/mol. The highest BCUT2D eigenvalue weighted by atomic mass is 32.1. The molecule has 0 spiro atoms. The summed E-state index contributed by atoms with van der Waals surface area (Å²) in [5, 5.41) is 13.9. The Kier molecular flexibility index (Phi) is 3.19. The summed E-state index contributed by atoms with van der Waals surface area (Å²) < 4.78 is 1.56. The van der Waals surface area contributed by atoms with Crippen LogP contribution in [0.5, 0.6) is 0 Å². The van der Waals surface area contributed by atoms with Crippen molar-refractivity contribution in [3.63, 3.8) is 0 Å². The van der Waals surface area contributed by atoms with Crippen LogP contribution in [0.25, 0.3) is 5.69 Å². The molecule has 0 atom stereocenters. The quantitative estimate of drug-likeness (QED) is 0.806. The third kappa shape index (κ3) is 2.39. The van der Waals surface area contributed by atoms with Crippen LogP contribution < -0.4 is 5.32 Å². The van der Waals surface area contributed by atoms with Crippen molar-refractivity contribution in [2.45, 2.75) is 19.3 Å². The smallest absolute Gasteiger partial charge is 0.265 e. The fourth-order valence-corrected chi connectivity index (χ4v) is 3.76. The Hall–Kier alpha value is -2.54. The van der Waals surface area contributed by atoms with E-state index < -0.39 is 0 Å². The van der Waals surface area contributed by atoms with Crippen LogP contribution in [0.15, 0.2) is 36.7 Å². The molecule has 0 unspecified atom stereocenters. The van der Waals surface area contributed by atoms with E-state index >= 15 is 0 Å². The number of aromatic nitrogens is 4. The number of anilines is 1. The Bertz CT molecular complexity index is 786. The van der Waals surface area contributed by atoms with Gasteiger partial charge in [0, 0.05) is 10.6 Å². The minimum Gasteiger partial charge on any atom is -0.321 e. The molecule has 0 bridgehead atoms. The summed E-state index contributed by atoms with van der Waals surface area (Å²) in [6.45, 7) is 0. The number of hydrogen-bond donors (Lipinski definition) is 1. The number of tetrazole rings is 1. The molecule has 22 heavy (non-hydrogen) atoms. The Morgan fingerprint density at radius 3 is 2.82 bits per heavy atom. The number of fused-ring (bicyclic) bond motifs is 1. The van der Waals surface area contributed by atoms with Crippen LogP contribution in [0, 0.1) is 0 Å². The number of amides is 1. The summed E-state index contributed by atoms with van der Waals surface area (Å²) in [7, 11) is 0. The van der Waals surface area contributed by atoms with Crippen molar-refractivity contribution < 1.29 is 4.79 Å². The molecule has 2 aromatic heterocycles. The van der Waals surface area contributed by atoms with E-state index in [1.54, 1.807) is 16.0 Å². The highest BCUT2D eigenvalue weighted by Gasteiger charge is 2.18. The van der Waals surface area contributed by atoms with Gasteiger partial charge in [-0.15, -0.1) is 16.4 Å². The predicted molar refractivity (Wildman–Crippen MR) is 83.5 cm³/mol. The van der Waals surface area contributed by atoms with Crippen LogP contribution >= 0.6 is 11.3 Å². The Morgan fingerprint density at radius 2 is 2.09 bits per heavy atom. The lowest BCUT2D eigenvalue weighted by atomic mass is 10.2. The number of benzene rings is 1. The minimum atomic E-state index is -0.0467. The van der Waals surface area contributed by atoms with Gasteiger partial charge in [0.2, 0.25) is 0 Å². The van der Waals surface area contributed by atoms with Gasteiger partial charge in [-0.05, 0) is 65.6 Å². The first-order valence-electron chi connectivity index (χ1n) is 7.06. The summed E-state index contributed by atoms with van der Waals surface area (Å²) in [6, 6.07) is 9.44. The lowest BCUT2D eigenvalue weighted by molar-refractivity contribution is 0.103. The van der Waals surface area contributed by atoms with Gasteiger partial charge < -0.3 is 5.32 Å². The number of carbonyl (C=O) groups excluding carboxylic acids is 1. The molecule has 0 fully saturated rings. The molecule has 1 aliphatic rings. The van der Waals surface area contributed by atoms with Gasteiger partial charge in [-0.2, -0.15) is 0 Å². The first-order valence-corrected chi connectivity index (χ1v) is 7.87. The second-order valence-electron chi connectivity index (χ2n) is 5.17. The summed E-state index contributed by atoms with van der Waals surface area (Å²) in [5.41, 5.74) is 2.94. The van der Waals surface area contributed by atoms with Gasteiger partial charge in [0.05, 0.1) is 10.6 Å². The third-order valence-corrected chi connectivity index (χ3v) is 4.94. The predicted octanol–water partition coefficient (Wildman–Crippen LogP) is 2.46. The monoisotopic (exact) mass is 311 g/mol. The second-order valence-corrected chi connectivity index (χ2v) is 6.30. The zero-order valence-corrected chi connectivity index (χ0v) is 12.5. The highest BCUT2D eigenvalue weighted by Crippen LogP contribution is 2.31. The van der Waals surface area contributed by atoms with E-state index in [-0.39, 0.29) is 5.91 Å². The maximum atomic E-state index is 12.3. The second kappa shape index (κ2) is 5.34. The zero-order valence-electron chi connectivity index (χ0n) is 11.7. The average molecular weight is 311 g/mol. The molecule has 1 amide bonds. The molecule has 7 heteroatoms. The minimum absolute atomic E-state index is 0.0467. The van der Waals surface area contributed by atoms with E-state index in [4.69, 9.17) is 0 Å². The van der Waals surface area contributed by atoms with Gasteiger partial charge >= 0.3 is 0 Å². The number of nitrogens with zero attached hydrogens (tertiary/aromatic N) is 4. The molecule has 6 nitrogen and oxygen atoms in total. The number of rotatable bonds is 3. The van der Waals surface area contributed by atoms with E-state index in [9.17, 15) is 4.79 Å². The molecule has 2 heterocycles. The number of hydrogen-bond acceptors (Lipinski definition) is 5. The molecule has 1 N–H and O–H groups in total. The van der Waals surface area contributed by atoms with Crippen molar-refractivity contribution in [1.29, 1.82) is 0 Å². The molecule has 110 valence electrons. The number of nitrogens with one attached hydrogen (secondary N) is 1. The summed E-state index contributed by atoms with van der Waals surface area (Å²) >= 11 is 1.61. The summed E-state index contributed by atoms with van der Waals surface area (Å²) in [4.78, 5) is 14.4. The van der Waals surface area contributed by atoms with Crippen LogP contribution in [-0.4, -0.2) is 26.1 Å². The molecule has 1 aliphatic carbocycles. The van der Waals surface area contributed by atoms with Crippen molar-refractivity contribution in [3.05, 3.63) is 52.0 Å². The number of carbonyl (C=O) groups is 1. The standard InChI is InChI=1S/C15H13N5OS/c21-15(14-8-10-2-1-3-13(10)22-14)17-11-4-6-12(7-5-11)20-9-16-18-19-20/h4-9H,1-3H2,(H,17,21). The van der Waals surface area contributed by atoms with E-state index in [2.05, 4.69) is 20.8 Å². The average Bonchev–Trinajstić information content (AvgIpc) is 3.24. The lowest BCUT2D eigenvalue weighted by Gasteiger charge is -2.05. The zero-order chi connectivity index (χ0) is 14.9. The molecule has 0 saturated carbocycles. The molecular formula is C15H13N5OS. The molecule has 3 aromatic rings. The van der Waals surface area contributed by atoms with Gasteiger partial charge in [-0.1, -0.05) is 0 Å². The molecule has 1 aromatic carbocycles. The van der Waals surface area contributed by atoms with Crippen LogP contribution in [0.1, 0.15) is 26.5 Å². The molecule has 0 saturated heterocycles. The normalized spacial score (nSPS) is 13.1. The maximum absolute atomic E-state index is 12.3. The number of thiophene rings is 1. The van der Waals surface area contributed by atoms with E-state index in [1.165, 1.54) is 23.2 Å². The van der Waals surface area contributed by atoms with Crippen molar-refractivity contribution >= 4 is 22.9 Å². The topological polar surface area (TPSA) is 72.7 Å². The maximum Gasteiger partial charge on any atom is 0.265 e. The lowest BCUT2D eigenvalue weighted by Crippen LogP contribution is -2.10. The van der Waals surface area contributed by atoms with Crippen LogP contribution in [0.2, 0.25) is 0 Å². The van der Waals surface area contributed by atoms with Crippen molar-refractivity contribution in [2.75, 3.05) is 5.32 Å². The molecule has 0 radical (unpaired) electrons. The number of aryl methyl sites for hydroxylation is 2. The largest absolute Gasteiger partial charge is 0.321 e. The van der Waals surface area contributed by atoms with Crippen molar-refractivity contribution in [1.82, 2.24) is 20.2 Å². The summed E-state index contributed by atoms with van der Waals surface area (Å²) in [5.74, 6) is -0.0467. The van der Waals surface area contributed by atoms with Gasteiger partial charge in [0.1, 0.15) is 6.33 Å². The van der Waals surface area contributed by atoms with Gasteiger partial charge in [0.25, 0.3) is 5.91 Å². The Balaban J connectivity index is 1.49. The first-order chi connectivity index (χ1) is 10.8. The summed E-state index contributed by atoms with van der Waals surface area (Å²) in [6.07, 6.45) is 4.94. The fourth-order valence-electron chi connectivity index (χ4n) is 2.61. The van der Waals surface area contributed by atoms with Crippen LogP contribution in [0.4, 0.5) is 5.69 Å². The van der Waals surface area contributed by atoms with Crippen molar-refractivity contribution in [2.24, 2.45) is 0 Å². The van der Waals surface area contributed by atoms with E-state index in [0.29, 0.717) is 0 Å².